The molecule has 0 spiro atoms. The highest BCUT2D eigenvalue weighted by Gasteiger charge is 2.12. The van der Waals surface area contributed by atoms with Crippen LogP contribution in [0.1, 0.15) is 5.56 Å². The van der Waals surface area contributed by atoms with Crippen LogP contribution in [0.5, 0.6) is 5.75 Å². The number of rotatable bonds is 4. The monoisotopic (exact) mass is 253 g/mol. The van der Waals surface area contributed by atoms with Crippen LogP contribution in [-0.2, 0) is 9.53 Å². The zero-order valence-corrected chi connectivity index (χ0v) is 9.39. The molecule has 0 N–H and O–H groups in total. The Balaban J connectivity index is 3.13. The predicted octanol–water partition coefficient (Wildman–Crippen LogP) is 2.37. The molecule has 1 aromatic carbocycles. The van der Waals surface area contributed by atoms with E-state index in [9.17, 15) is 13.6 Å². The van der Waals surface area contributed by atoms with Crippen molar-refractivity contribution in [2.45, 2.75) is 6.61 Å². The maximum Gasteiger partial charge on any atom is 0.387 e. The number of carbonyl (C=O) groups excluding carboxylic acids is 1. The fourth-order valence-electron chi connectivity index (χ4n) is 1.21. The zero-order chi connectivity index (χ0) is 13.5. The Morgan fingerprint density at radius 2 is 2.11 bits per heavy atom. The third kappa shape index (κ3) is 3.56. The van der Waals surface area contributed by atoms with Crippen LogP contribution in [0.3, 0.4) is 0 Å². The summed E-state index contributed by atoms with van der Waals surface area (Å²) in [6.45, 7) is -2.98. The van der Waals surface area contributed by atoms with Crippen molar-refractivity contribution in [2.75, 3.05) is 7.11 Å². The quantitative estimate of drug-likeness (QED) is 0.469. The van der Waals surface area contributed by atoms with Gasteiger partial charge in [0, 0.05) is 5.56 Å². The minimum absolute atomic E-state index is 0.121. The van der Waals surface area contributed by atoms with Gasteiger partial charge in [0.25, 0.3) is 0 Å². The second kappa shape index (κ2) is 6.35. The van der Waals surface area contributed by atoms with E-state index in [1.807, 2.05) is 0 Å². The second-order valence-corrected chi connectivity index (χ2v) is 3.08. The molecule has 18 heavy (non-hydrogen) atoms. The molecule has 1 aromatic rings. The van der Waals surface area contributed by atoms with E-state index in [4.69, 9.17) is 5.26 Å². The number of benzene rings is 1. The summed E-state index contributed by atoms with van der Waals surface area (Å²) in [6, 6.07) is 7.44. The number of hydrogen-bond acceptors (Lipinski definition) is 4. The van der Waals surface area contributed by atoms with Crippen LogP contribution in [0.2, 0.25) is 0 Å². The molecule has 0 aliphatic heterocycles. The van der Waals surface area contributed by atoms with Gasteiger partial charge in [0.1, 0.15) is 17.4 Å². The molecule has 0 fully saturated rings. The van der Waals surface area contributed by atoms with Gasteiger partial charge < -0.3 is 9.47 Å². The molecule has 94 valence electrons. The van der Waals surface area contributed by atoms with Gasteiger partial charge in [0.15, 0.2) is 0 Å². The highest BCUT2D eigenvalue weighted by Crippen LogP contribution is 2.22. The third-order valence-electron chi connectivity index (χ3n) is 1.96. The summed E-state index contributed by atoms with van der Waals surface area (Å²) in [5.74, 6) is -0.964. The minimum Gasteiger partial charge on any atom is -0.465 e. The Bertz CT molecular complexity index is 506. The highest BCUT2D eigenvalue weighted by atomic mass is 19.3. The smallest absolute Gasteiger partial charge is 0.387 e. The Hall–Kier alpha value is -2.42. The summed E-state index contributed by atoms with van der Waals surface area (Å²) in [5, 5.41) is 8.75. The van der Waals surface area contributed by atoms with Gasteiger partial charge >= 0.3 is 12.6 Å². The average Bonchev–Trinajstić information content (AvgIpc) is 2.36. The number of ether oxygens (including phenoxy) is 2. The lowest BCUT2D eigenvalue weighted by atomic mass is 10.1. The molecular formula is C12H9F2NO3. The molecular weight excluding hydrogens is 244 g/mol. The van der Waals surface area contributed by atoms with Crippen LogP contribution in [-0.4, -0.2) is 19.7 Å². The maximum absolute atomic E-state index is 12.1. The fraction of sp³-hybridized carbons (Fsp3) is 0.167. The summed E-state index contributed by atoms with van der Waals surface area (Å²) < 4.78 is 32.9. The van der Waals surface area contributed by atoms with E-state index < -0.39 is 12.6 Å². The zero-order valence-electron chi connectivity index (χ0n) is 9.39. The molecule has 0 saturated carbocycles. The molecule has 0 aromatic heterocycles. The van der Waals surface area contributed by atoms with Crippen molar-refractivity contribution in [3.05, 3.63) is 35.4 Å². The van der Waals surface area contributed by atoms with Gasteiger partial charge in [0.2, 0.25) is 0 Å². The molecule has 4 nitrogen and oxygen atoms in total. The Kier molecular flexibility index (Phi) is 4.81. The van der Waals surface area contributed by atoms with Crippen molar-refractivity contribution < 1.29 is 23.0 Å². The number of halogens is 2. The van der Waals surface area contributed by atoms with E-state index in [0.29, 0.717) is 0 Å². The SMILES string of the molecule is COC(=O)C(C#N)=Cc1ccccc1OC(F)F. The largest absolute Gasteiger partial charge is 0.465 e. The molecule has 0 bridgehead atoms. The first-order valence-corrected chi connectivity index (χ1v) is 4.82. The number of nitrogens with zero attached hydrogens (tertiary/aromatic N) is 1. The first-order chi connectivity index (χ1) is 8.58. The first-order valence-electron chi connectivity index (χ1n) is 4.82. The van der Waals surface area contributed by atoms with Crippen molar-refractivity contribution in [3.8, 4) is 11.8 Å². The number of carbonyl (C=O) groups is 1. The van der Waals surface area contributed by atoms with Crippen LogP contribution in [0, 0.1) is 11.3 Å². The number of nitriles is 1. The van der Waals surface area contributed by atoms with Gasteiger partial charge in [-0.15, -0.1) is 0 Å². The Labute approximate surface area is 102 Å². The van der Waals surface area contributed by atoms with Gasteiger partial charge in [-0.3, -0.25) is 0 Å². The van der Waals surface area contributed by atoms with Gasteiger partial charge in [0.05, 0.1) is 7.11 Å². The first kappa shape index (κ1) is 13.6. The van der Waals surface area contributed by atoms with E-state index in [2.05, 4.69) is 9.47 Å². The number of para-hydroxylation sites is 1. The molecule has 1 rings (SSSR count). The van der Waals surface area contributed by atoms with Gasteiger partial charge in [-0.05, 0) is 12.1 Å². The molecule has 0 heterocycles. The van der Waals surface area contributed by atoms with Gasteiger partial charge in [-0.2, -0.15) is 14.0 Å². The van der Waals surface area contributed by atoms with E-state index in [1.54, 1.807) is 12.1 Å². The molecule has 0 atom stereocenters. The van der Waals surface area contributed by atoms with Crippen molar-refractivity contribution in [1.29, 1.82) is 5.26 Å². The minimum atomic E-state index is -2.98. The topological polar surface area (TPSA) is 59.3 Å². The Morgan fingerprint density at radius 1 is 1.44 bits per heavy atom. The second-order valence-electron chi connectivity index (χ2n) is 3.08. The Morgan fingerprint density at radius 3 is 2.67 bits per heavy atom. The van der Waals surface area contributed by atoms with E-state index in [-0.39, 0.29) is 16.9 Å². The lowest BCUT2D eigenvalue weighted by Crippen LogP contribution is -2.05. The number of methoxy groups -OCH3 is 1. The molecule has 0 saturated heterocycles. The van der Waals surface area contributed by atoms with Crippen LogP contribution < -0.4 is 4.74 Å². The van der Waals surface area contributed by atoms with Crippen LogP contribution in [0.25, 0.3) is 6.08 Å². The number of alkyl halides is 2. The fourth-order valence-corrected chi connectivity index (χ4v) is 1.21. The van der Waals surface area contributed by atoms with E-state index >= 15 is 0 Å². The standard InChI is InChI=1S/C12H9F2NO3/c1-17-11(16)9(7-15)6-8-4-2-3-5-10(8)18-12(13)14/h2-6,12H,1H3. The third-order valence-corrected chi connectivity index (χ3v) is 1.96. The van der Waals surface area contributed by atoms with Crippen molar-refractivity contribution >= 4 is 12.0 Å². The summed E-state index contributed by atoms with van der Waals surface area (Å²) in [4.78, 5) is 11.2. The van der Waals surface area contributed by atoms with Gasteiger partial charge in [-0.1, -0.05) is 18.2 Å². The van der Waals surface area contributed by atoms with E-state index in [1.165, 1.54) is 18.2 Å². The lowest BCUT2D eigenvalue weighted by molar-refractivity contribution is -0.135. The number of hydrogen-bond donors (Lipinski definition) is 0. The summed E-state index contributed by atoms with van der Waals surface area (Å²) in [5.41, 5.74) is -0.109. The average molecular weight is 253 g/mol. The molecule has 0 aliphatic rings. The normalized spacial score (nSPS) is 10.9. The lowest BCUT2D eigenvalue weighted by Gasteiger charge is -2.07. The van der Waals surface area contributed by atoms with E-state index in [0.717, 1.165) is 13.2 Å². The van der Waals surface area contributed by atoms with Gasteiger partial charge in [-0.25, -0.2) is 4.79 Å². The predicted molar refractivity (Wildman–Crippen MR) is 58.7 cm³/mol. The van der Waals surface area contributed by atoms with Crippen LogP contribution >= 0.6 is 0 Å². The summed E-state index contributed by atoms with van der Waals surface area (Å²) in [6.07, 6.45) is 1.13. The van der Waals surface area contributed by atoms with Crippen LogP contribution in [0.4, 0.5) is 8.78 Å². The molecule has 0 amide bonds. The number of esters is 1. The molecule has 6 heteroatoms. The molecule has 0 radical (unpaired) electrons. The molecule has 0 unspecified atom stereocenters. The van der Waals surface area contributed by atoms with Crippen molar-refractivity contribution in [2.24, 2.45) is 0 Å². The summed E-state index contributed by atoms with van der Waals surface area (Å²) >= 11 is 0. The van der Waals surface area contributed by atoms with Crippen molar-refractivity contribution in [3.63, 3.8) is 0 Å². The van der Waals surface area contributed by atoms with Crippen molar-refractivity contribution in [1.82, 2.24) is 0 Å². The highest BCUT2D eigenvalue weighted by molar-refractivity contribution is 5.98. The van der Waals surface area contributed by atoms with Crippen LogP contribution in [0.15, 0.2) is 29.8 Å². The summed E-state index contributed by atoms with van der Waals surface area (Å²) in [7, 11) is 1.12. The maximum atomic E-state index is 12.1. The molecule has 0 aliphatic carbocycles.